The number of benzene rings is 1. The van der Waals surface area contributed by atoms with E-state index in [0.29, 0.717) is 25.6 Å². The van der Waals surface area contributed by atoms with Gasteiger partial charge in [-0.1, -0.05) is 19.1 Å². The average molecular weight is 263 g/mol. The second-order valence-corrected chi connectivity index (χ2v) is 4.93. The number of amides is 1. The molecule has 1 amide bonds. The highest BCUT2D eigenvalue weighted by Crippen LogP contribution is 2.25. The van der Waals surface area contributed by atoms with Gasteiger partial charge < -0.3 is 20.7 Å². The lowest BCUT2D eigenvalue weighted by atomic mass is 10.1. The summed E-state index contributed by atoms with van der Waals surface area (Å²) in [6.07, 6.45) is 0. The summed E-state index contributed by atoms with van der Waals surface area (Å²) in [5.41, 5.74) is 2.01. The molecular weight excluding hydrogens is 242 g/mol. The zero-order valence-electron chi connectivity index (χ0n) is 11.4. The Hall–Kier alpha value is -1.75. The number of carbonyl (C=O) groups excluding carboxylic acids is 1. The van der Waals surface area contributed by atoms with Gasteiger partial charge in [0.1, 0.15) is 6.04 Å². The van der Waals surface area contributed by atoms with Gasteiger partial charge in [0.15, 0.2) is 0 Å². The Morgan fingerprint density at radius 2 is 2.21 bits per heavy atom. The molecule has 0 saturated heterocycles. The average Bonchev–Trinajstić information content (AvgIpc) is 2.44. The van der Waals surface area contributed by atoms with Gasteiger partial charge in [-0.3, -0.25) is 4.79 Å². The van der Waals surface area contributed by atoms with Gasteiger partial charge in [-0.05, 0) is 18.1 Å². The number of methoxy groups -OCH3 is 1. The fraction of sp³-hybridized carbons (Fsp3) is 0.500. The first kappa shape index (κ1) is 13.7. The largest absolute Gasteiger partial charge is 0.384 e. The zero-order chi connectivity index (χ0) is 13.7. The summed E-state index contributed by atoms with van der Waals surface area (Å²) in [6.45, 7) is 3.93. The fourth-order valence-corrected chi connectivity index (χ4v) is 2.11. The third-order valence-corrected chi connectivity index (χ3v) is 3.15. The van der Waals surface area contributed by atoms with Gasteiger partial charge in [-0.25, -0.2) is 0 Å². The maximum atomic E-state index is 12.1. The van der Waals surface area contributed by atoms with Crippen LogP contribution in [0.1, 0.15) is 6.92 Å². The molecule has 3 N–H and O–H groups in total. The van der Waals surface area contributed by atoms with Crippen molar-refractivity contribution < 1.29 is 9.53 Å². The van der Waals surface area contributed by atoms with Crippen molar-refractivity contribution in [2.24, 2.45) is 5.92 Å². The Bertz CT molecular complexity index is 436. The molecule has 0 radical (unpaired) electrons. The van der Waals surface area contributed by atoms with E-state index in [1.165, 1.54) is 0 Å². The normalized spacial score (nSPS) is 18.7. The van der Waals surface area contributed by atoms with Crippen LogP contribution >= 0.6 is 0 Å². The first-order valence-corrected chi connectivity index (χ1v) is 6.56. The number of anilines is 2. The number of rotatable bonds is 5. The van der Waals surface area contributed by atoms with E-state index >= 15 is 0 Å². The van der Waals surface area contributed by atoms with E-state index in [4.69, 9.17) is 4.74 Å². The summed E-state index contributed by atoms with van der Waals surface area (Å²) in [4.78, 5) is 12.1. The Balaban J connectivity index is 1.85. The lowest BCUT2D eigenvalue weighted by Gasteiger charge is -2.27. The Morgan fingerprint density at radius 1 is 1.47 bits per heavy atom. The Morgan fingerprint density at radius 3 is 2.95 bits per heavy atom. The van der Waals surface area contributed by atoms with Crippen LogP contribution in [0.3, 0.4) is 0 Å². The molecule has 5 heteroatoms. The van der Waals surface area contributed by atoms with Crippen LogP contribution < -0.4 is 16.0 Å². The minimum absolute atomic E-state index is 0.0185. The van der Waals surface area contributed by atoms with Crippen molar-refractivity contribution in [1.82, 2.24) is 5.32 Å². The highest BCUT2D eigenvalue weighted by atomic mass is 16.5. The SMILES string of the molecule is COCC(C)CNC(=O)C1CNc2ccccc2N1. The number of fused-ring (bicyclic) bond motifs is 1. The number of para-hydroxylation sites is 2. The fourth-order valence-electron chi connectivity index (χ4n) is 2.11. The third kappa shape index (κ3) is 3.61. The second kappa shape index (κ2) is 6.43. The summed E-state index contributed by atoms with van der Waals surface area (Å²) < 4.78 is 5.05. The molecule has 2 unspecified atom stereocenters. The van der Waals surface area contributed by atoms with Gasteiger partial charge in [-0.2, -0.15) is 0 Å². The first-order chi connectivity index (χ1) is 9.20. The lowest BCUT2D eigenvalue weighted by molar-refractivity contribution is -0.121. The predicted octanol–water partition coefficient (Wildman–Crippen LogP) is 1.29. The van der Waals surface area contributed by atoms with Gasteiger partial charge in [0.2, 0.25) is 5.91 Å². The number of carbonyl (C=O) groups is 1. The van der Waals surface area contributed by atoms with E-state index in [9.17, 15) is 4.79 Å². The standard InChI is InChI=1S/C14H21N3O2/c1-10(9-19-2)7-16-14(18)13-8-15-11-5-3-4-6-12(11)17-13/h3-6,10,13,15,17H,7-9H2,1-2H3,(H,16,18). The molecule has 0 fully saturated rings. The molecule has 1 heterocycles. The van der Waals surface area contributed by atoms with Gasteiger partial charge in [0.25, 0.3) is 0 Å². The van der Waals surface area contributed by atoms with Crippen molar-refractivity contribution in [3.05, 3.63) is 24.3 Å². The molecule has 2 atom stereocenters. The molecule has 104 valence electrons. The predicted molar refractivity (Wildman–Crippen MR) is 76.4 cm³/mol. The number of nitrogens with one attached hydrogen (secondary N) is 3. The van der Waals surface area contributed by atoms with E-state index < -0.39 is 0 Å². The van der Waals surface area contributed by atoms with Crippen LogP contribution in [0.4, 0.5) is 11.4 Å². The molecule has 1 aliphatic heterocycles. The zero-order valence-corrected chi connectivity index (χ0v) is 11.4. The van der Waals surface area contributed by atoms with Crippen LogP contribution in [0.15, 0.2) is 24.3 Å². The molecule has 1 aromatic rings. The van der Waals surface area contributed by atoms with Crippen molar-refractivity contribution in [3.63, 3.8) is 0 Å². The van der Waals surface area contributed by atoms with Crippen LogP contribution in [0.2, 0.25) is 0 Å². The van der Waals surface area contributed by atoms with Crippen LogP contribution in [-0.2, 0) is 9.53 Å². The lowest BCUT2D eigenvalue weighted by Crippen LogP contribution is -2.47. The van der Waals surface area contributed by atoms with Gasteiger partial charge in [0.05, 0.1) is 18.0 Å². The molecule has 0 aromatic heterocycles. The molecule has 1 aromatic carbocycles. The Labute approximate surface area is 113 Å². The quantitative estimate of drug-likeness (QED) is 0.749. The van der Waals surface area contributed by atoms with Crippen molar-refractivity contribution in [2.75, 3.05) is 37.4 Å². The number of hydrogen-bond acceptors (Lipinski definition) is 4. The van der Waals surface area contributed by atoms with E-state index in [2.05, 4.69) is 16.0 Å². The highest BCUT2D eigenvalue weighted by Gasteiger charge is 2.23. The molecule has 0 bridgehead atoms. The van der Waals surface area contributed by atoms with E-state index in [-0.39, 0.29) is 11.9 Å². The Kier molecular flexibility index (Phi) is 4.63. The molecule has 0 aliphatic carbocycles. The molecule has 0 spiro atoms. The van der Waals surface area contributed by atoms with Crippen molar-refractivity contribution in [2.45, 2.75) is 13.0 Å². The second-order valence-electron chi connectivity index (χ2n) is 4.93. The topological polar surface area (TPSA) is 62.4 Å². The van der Waals surface area contributed by atoms with Crippen molar-refractivity contribution in [1.29, 1.82) is 0 Å². The summed E-state index contributed by atoms with van der Waals surface area (Å²) in [5.74, 6) is 0.336. The minimum Gasteiger partial charge on any atom is -0.384 e. The molecule has 2 rings (SSSR count). The summed E-state index contributed by atoms with van der Waals surface area (Å²) >= 11 is 0. The third-order valence-electron chi connectivity index (χ3n) is 3.15. The molecule has 1 aliphatic rings. The van der Waals surface area contributed by atoms with Crippen LogP contribution in [0.5, 0.6) is 0 Å². The van der Waals surface area contributed by atoms with Crippen LogP contribution in [-0.4, -0.2) is 38.8 Å². The monoisotopic (exact) mass is 263 g/mol. The maximum absolute atomic E-state index is 12.1. The summed E-state index contributed by atoms with van der Waals surface area (Å²) in [5, 5.41) is 9.45. The van der Waals surface area contributed by atoms with Gasteiger partial charge in [0, 0.05) is 20.2 Å². The van der Waals surface area contributed by atoms with Gasteiger partial charge in [-0.15, -0.1) is 0 Å². The number of ether oxygens (including phenoxy) is 1. The van der Waals surface area contributed by atoms with E-state index in [1.54, 1.807) is 7.11 Å². The van der Waals surface area contributed by atoms with Gasteiger partial charge >= 0.3 is 0 Å². The van der Waals surface area contributed by atoms with Crippen molar-refractivity contribution in [3.8, 4) is 0 Å². The van der Waals surface area contributed by atoms with E-state index in [0.717, 1.165) is 11.4 Å². The van der Waals surface area contributed by atoms with E-state index in [1.807, 2.05) is 31.2 Å². The highest BCUT2D eigenvalue weighted by molar-refractivity contribution is 5.88. The van der Waals surface area contributed by atoms with Crippen LogP contribution in [0, 0.1) is 5.92 Å². The van der Waals surface area contributed by atoms with Crippen LogP contribution in [0.25, 0.3) is 0 Å². The summed E-state index contributed by atoms with van der Waals surface area (Å²) in [6, 6.07) is 7.66. The number of hydrogen-bond donors (Lipinski definition) is 3. The first-order valence-electron chi connectivity index (χ1n) is 6.56. The smallest absolute Gasteiger partial charge is 0.244 e. The molecule has 5 nitrogen and oxygen atoms in total. The maximum Gasteiger partial charge on any atom is 0.244 e. The molecule has 0 saturated carbocycles. The van der Waals surface area contributed by atoms with Crippen molar-refractivity contribution >= 4 is 17.3 Å². The molecular formula is C14H21N3O2. The summed E-state index contributed by atoms with van der Waals surface area (Å²) in [7, 11) is 1.67. The molecule has 19 heavy (non-hydrogen) atoms. The minimum atomic E-state index is -0.232.